The van der Waals surface area contributed by atoms with Gasteiger partial charge in [0.25, 0.3) is 11.8 Å². The van der Waals surface area contributed by atoms with Gasteiger partial charge in [0.15, 0.2) is 5.41 Å². The second-order valence-electron chi connectivity index (χ2n) is 4.92. The summed E-state index contributed by atoms with van der Waals surface area (Å²) in [5.74, 6) is -1.04. The molecule has 2 rings (SSSR count). The third-order valence-corrected chi connectivity index (χ3v) is 3.85. The van der Waals surface area contributed by atoms with Gasteiger partial charge in [0, 0.05) is 14.2 Å². The fourth-order valence-corrected chi connectivity index (χ4v) is 2.68. The largest absolute Gasteiger partial charge is 0.364 e. The maximum atomic E-state index is 12.8. The quantitative estimate of drug-likeness (QED) is 0.785. The number of carbonyl (C=O) groups is 3. The van der Waals surface area contributed by atoms with E-state index in [-0.39, 0.29) is 13.2 Å². The molecule has 0 aliphatic carbocycles. The van der Waals surface area contributed by atoms with Gasteiger partial charge in [-0.1, -0.05) is 37.3 Å². The van der Waals surface area contributed by atoms with Gasteiger partial charge in [-0.25, -0.2) is 9.69 Å². The molecule has 0 N–H and O–H groups in total. The number of carbonyl (C=O) groups excluding carboxylic acids is 3. The van der Waals surface area contributed by atoms with Gasteiger partial charge < -0.3 is 4.74 Å². The van der Waals surface area contributed by atoms with E-state index in [0.717, 1.165) is 9.80 Å². The molecule has 1 aromatic rings. The number of hydrogen-bond acceptors (Lipinski definition) is 4. The molecule has 21 heavy (non-hydrogen) atoms. The van der Waals surface area contributed by atoms with E-state index in [1.807, 2.05) is 6.07 Å². The van der Waals surface area contributed by atoms with Gasteiger partial charge in [0.05, 0.1) is 0 Å². The normalized spacial score (nSPS) is 22.9. The molecule has 1 saturated heterocycles. The van der Waals surface area contributed by atoms with Crippen LogP contribution in [0.2, 0.25) is 0 Å². The number of urea groups is 1. The van der Waals surface area contributed by atoms with Gasteiger partial charge >= 0.3 is 6.03 Å². The third kappa shape index (κ3) is 2.12. The minimum absolute atomic E-state index is 0.177. The van der Waals surface area contributed by atoms with Crippen LogP contribution in [0.1, 0.15) is 18.9 Å². The number of rotatable bonds is 4. The molecule has 0 bridgehead atoms. The molecule has 6 nitrogen and oxygen atoms in total. The molecule has 0 spiro atoms. The molecule has 1 aromatic carbocycles. The molecule has 112 valence electrons. The summed E-state index contributed by atoms with van der Waals surface area (Å²) >= 11 is 0. The molecule has 1 atom stereocenters. The first-order valence-electron chi connectivity index (χ1n) is 6.69. The third-order valence-electron chi connectivity index (χ3n) is 3.85. The molecule has 1 heterocycles. The molecular formula is C15H18N2O4. The van der Waals surface area contributed by atoms with Crippen LogP contribution in [0.25, 0.3) is 0 Å². The highest BCUT2D eigenvalue weighted by Crippen LogP contribution is 2.36. The highest BCUT2D eigenvalue weighted by molar-refractivity contribution is 6.22. The maximum absolute atomic E-state index is 12.8. The summed E-state index contributed by atoms with van der Waals surface area (Å²) in [6, 6.07) is 8.15. The Morgan fingerprint density at radius 3 is 2.24 bits per heavy atom. The minimum Gasteiger partial charge on any atom is -0.364 e. The van der Waals surface area contributed by atoms with Crippen LogP contribution in [-0.4, -0.2) is 48.5 Å². The van der Waals surface area contributed by atoms with E-state index in [1.165, 1.54) is 14.2 Å². The van der Waals surface area contributed by atoms with Gasteiger partial charge in [-0.3, -0.25) is 14.5 Å². The van der Waals surface area contributed by atoms with Crippen molar-refractivity contribution in [3.8, 4) is 0 Å². The van der Waals surface area contributed by atoms with Crippen molar-refractivity contribution >= 4 is 17.8 Å². The Labute approximate surface area is 123 Å². The van der Waals surface area contributed by atoms with Crippen molar-refractivity contribution in [3.05, 3.63) is 35.9 Å². The predicted molar refractivity (Wildman–Crippen MR) is 75.3 cm³/mol. The standard InChI is InChI=1S/C15H18N2O4/c1-4-15(11-8-6-5-7-9-11)12(18)16(2)14(20)17(10-21-3)13(15)19/h5-9H,4,10H2,1-3H3. The Hall–Kier alpha value is -2.21. The summed E-state index contributed by atoms with van der Waals surface area (Å²) in [4.78, 5) is 39.5. The second kappa shape index (κ2) is 5.65. The topological polar surface area (TPSA) is 66.9 Å². The SMILES string of the molecule is CCC1(c2ccccc2)C(=O)N(C)C(=O)N(COC)C1=O. The van der Waals surface area contributed by atoms with Crippen LogP contribution in [0.15, 0.2) is 30.3 Å². The number of methoxy groups -OCH3 is 1. The first-order valence-corrected chi connectivity index (χ1v) is 6.69. The van der Waals surface area contributed by atoms with E-state index in [2.05, 4.69) is 0 Å². The van der Waals surface area contributed by atoms with Crippen LogP contribution >= 0.6 is 0 Å². The Balaban J connectivity index is 2.60. The lowest BCUT2D eigenvalue weighted by Gasteiger charge is -2.42. The number of ether oxygens (including phenoxy) is 1. The summed E-state index contributed by atoms with van der Waals surface area (Å²) in [6.07, 6.45) is 0.270. The van der Waals surface area contributed by atoms with Crippen LogP contribution in [-0.2, 0) is 19.7 Å². The zero-order chi connectivity index (χ0) is 15.6. The zero-order valence-electron chi connectivity index (χ0n) is 12.3. The Kier molecular flexibility index (Phi) is 4.09. The molecule has 1 fully saturated rings. The molecule has 6 heteroatoms. The summed E-state index contributed by atoms with van der Waals surface area (Å²) in [7, 11) is 2.78. The van der Waals surface area contributed by atoms with Gasteiger partial charge in [-0.05, 0) is 12.0 Å². The van der Waals surface area contributed by atoms with Crippen LogP contribution < -0.4 is 0 Å². The van der Waals surface area contributed by atoms with Gasteiger partial charge in [0.2, 0.25) is 0 Å². The predicted octanol–water partition coefficient (Wildman–Crippen LogP) is 1.36. The number of nitrogens with zero attached hydrogens (tertiary/aromatic N) is 2. The summed E-state index contributed by atoms with van der Waals surface area (Å²) in [5.41, 5.74) is -0.787. The Morgan fingerprint density at radius 2 is 1.71 bits per heavy atom. The number of barbiturate groups is 1. The monoisotopic (exact) mass is 290 g/mol. The fourth-order valence-electron chi connectivity index (χ4n) is 2.68. The van der Waals surface area contributed by atoms with E-state index in [4.69, 9.17) is 4.74 Å². The molecular weight excluding hydrogens is 272 g/mol. The number of amides is 4. The highest BCUT2D eigenvalue weighted by atomic mass is 16.5. The van der Waals surface area contributed by atoms with E-state index < -0.39 is 23.3 Å². The average molecular weight is 290 g/mol. The maximum Gasteiger partial charge on any atom is 0.335 e. The molecule has 0 aromatic heterocycles. The molecule has 4 amide bonds. The highest BCUT2D eigenvalue weighted by Gasteiger charge is 2.56. The lowest BCUT2D eigenvalue weighted by Crippen LogP contribution is -2.66. The number of hydrogen-bond donors (Lipinski definition) is 0. The van der Waals surface area contributed by atoms with Gasteiger partial charge in [-0.15, -0.1) is 0 Å². The van der Waals surface area contributed by atoms with Crippen LogP contribution in [0, 0.1) is 0 Å². The second-order valence-corrected chi connectivity index (χ2v) is 4.92. The minimum atomic E-state index is -1.37. The smallest absolute Gasteiger partial charge is 0.335 e. The summed E-state index contributed by atoms with van der Waals surface area (Å²) in [5, 5.41) is 0. The molecule has 0 radical (unpaired) electrons. The molecule has 1 unspecified atom stereocenters. The van der Waals surface area contributed by atoms with E-state index in [0.29, 0.717) is 5.56 Å². The summed E-state index contributed by atoms with van der Waals surface area (Å²) < 4.78 is 4.93. The zero-order valence-corrected chi connectivity index (χ0v) is 12.3. The van der Waals surface area contributed by atoms with E-state index in [9.17, 15) is 14.4 Å². The summed E-state index contributed by atoms with van der Waals surface area (Å²) in [6.45, 7) is 1.58. The molecule has 0 saturated carbocycles. The van der Waals surface area contributed by atoms with Crippen molar-refractivity contribution in [2.75, 3.05) is 20.9 Å². The van der Waals surface area contributed by atoms with Crippen molar-refractivity contribution < 1.29 is 19.1 Å². The van der Waals surface area contributed by atoms with Crippen molar-refractivity contribution in [3.63, 3.8) is 0 Å². The van der Waals surface area contributed by atoms with Crippen molar-refractivity contribution in [2.45, 2.75) is 18.8 Å². The van der Waals surface area contributed by atoms with Crippen LogP contribution in [0.4, 0.5) is 4.79 Å². The lowest BCUT2D eigenvalue weighted by molar-refractivity contribution is -0.154. The van der Waals surface area contributed by atoms with E-state index in [1.54, 1.807) is 31.2 Å². The van der Waals surface area contributed by atoms with Crippen molar-refractivity contribution in [1.29, 1.82) is 0 Å². The average Bonchev–Trinajstić information content (AvgIpc) is 2.52. The van der Waals surface area contributed by atoms with Crippen molar-refractivity contribution in [2.24, 2.45) is 0 Å². The number of imide groups is 2. The van der Waals surface area contributed by atoms with Crippen LogP contribution in [0.5, 0.6) is 0 Å². The molecule has 1 aliphatic heterocycles. The van der Waals surface area contributed by atoms with Gasteiger partial charge in [-0.2, -0.15) is 0 Å². The number of benzene rings is 1. The fraction of sp³-hybridized carbons (Fsp3) is 0.400. The van der Waals surface area contributed by atoms with Crippen molar-refractivity contribution in [1.82, 2.24) is 9.80 Å². The molecule has 1 aliphatic rings. The first-order chi connectivity index (χ1) is 10.0. The Morgan fingerprint density at radius 1 is 1.10 bits per heavy atom. The number of likely N-dealkylation sites (N-methyl/N-ethyl adjacent to an activating group) is 1. The lowest BCUT2D eigenvalue weighted by atomic mass is 9.74. The van der Waals surface area contributed by atoms with Gasteiger partial charge in [0.1, 0.15) is 6.73 Å². The Bertz CT molecular complexity index is 572. The van der Waals surface area contributed by atoms with Crippen LogP contribution in [0.3, 0.4) is 0 Å². The van der Waals surface area contributed by atoms with E-state index >= 15 is 0 Å². The first kappa shape index (κ1) is 15.2.